The first-order valence-electron chi connectivity index (χ1n) is 13.2. The van der Waals surface area contributed by atoms with E-state index >= 15 is 0 Å². The van der Waals surface area contributed by atoms with Crippen LogP contribution in [0.3, 0.4) is 0 Å². The summed E-state index contributed by atoms with van der Waals surface area (Å²) >= 11 is 6.19. The fourth-order valence-electron chi connectivity index (χ4n) is 3.73. The highest BCUT2D eigenvalue weighted by atomic mass is 35.5. The number of rotatable bonds is 11. The Labute approximate surface area is 230 Å². The number of imidazole rings is 1. The molecule has 0 saturated carbocycles. The van der Waals surface area contributed by atoms with Crippen LogP contribution in [-0.2, 0) is 18.0 Å². The minimum absolute atomic E-state index is 0.0651. The molecule has 0 spiro atoms. The van der Waals surface area contributed by atoms with Crippen LogP contribution in [0, 0.1) is 0 Å². The number of anilines is 1. The summed E-state index contributed by atoms with van der Waals surface area (Å²) in [7, 11) is -5.15. The minimum Gasteiger partial charge on any atom is -0.414 e. The first-order valence-corrected chi connectivity index (χ1v) is 21.5. The number of nitrogens with two attached hydrogens (primary N) is 1. The zero-order valence-electron chi connectivity index (χ0n) is 24.2. The zero-order chi connectivity index (χ0) is 27.9. The Hall–Kier alpha value is -0.869. The van der Waals surface area contributed by atoms with E-state index in [0.29, 0.717) is 34.4 Å². The van der Waals surface area contributed by atoms with Gasteiger partial charge in [-0.25, -0.2) is 4.98 Å². The highest BCUT2D eigenvalue weighted by Crippen LogP contribution is 2.40. The van der Waals surface area contributed by atoms with Crippen LogP contribution in [0.25, 0.3) is 11.2 Å². The molecule has 4 atom stereocenters. The lowest BCUT2D eigenvalue weighted by atomic mass is 10.1. The lowest BCUT2D eigenvalue weighted by molar-refractivity contribution is -0.0462. The van der Waals surface area contributed by atoms with Crippen LogP contribution < -0.4 is 5.73 Å². The second-order valence-electron chi connectivity index (χ2n) is 12.0. The molecule has 3 rings (SSSR count). The summed E-state index contributed by atoms with van der Waals surface area (Å²) in [6.07, 6.45) is 0.201. The molecule has 2 aromatic rings. The van der Waals surface area contributed by atoms with Gasteiger partial charge in [-0.05, 0) is 61.0 Å². The third kappa shape index (κ3) is 6.83. The van der Waals surface area contributed by atoms with Crippen molar-refractivity contribution in [2.75, 3.05) is 12.3 Å². The van der Waals surface area contributed by atoms with Crippen molar-refractivity contribution in [1.82, 2.24) is 19.5 Å². The first kappa shape index (κ1) is 30.7. The molecule has 1 aliphatic heterocycles. The summed E-state index contributed by atoms with van der Waals surface area (Å²) in [5.41, 5.74) is 8.43. The predicted molar refractivity (Wildman–Crippen MR) is 156 cm³/mol. The summed E-state index contributed by atoms with van der Waals surface area (Å²) in [6, 6.07) is 0. The summed E-state index contributed by atoms with van der Waals surface area (Å²) in [5.74, 6) is 0.234. The second kappa shape index (κ2) is 11.7. The third-order valence-corrected chi connectivity index (χ3v) is 17.7. The van der Waals surface area contributed by atoms with E-state index in [4.69, 9.17) is 35.3 Å². The van der Waals surface area contributed by atoms with Gasteiger partial charge in [-0.15, -0.1) is 0 Å². The molecular weight excluding hydrogens is 542 g/mol. The van der Waals surface area contributed by atoms with Gasteiger partial charge >= 0.3 is 0 Å². The van der Waals surface area contributed by atoms with Gasteiger partial charge in [0, 0.05) is 0 Å². The van der Waals surface area contributed by atoms with E-state index in [1.807, 2.05) is 4.57 Å². The first-order chi connectivity index (χ1) is 17.0. The van der Waals surface area contributed by atoms with E-state index in [2.05, 4.69) is 89.2 Å². The number of fused-ring (bicyclic) bond motifs is 1. The smallest absolute Gasteiger partial charge is 0.226 e. The molecule has 0 amide bonds. The van der Waals surface area contributed by atoms with Crippen LogP contribution in [0.5, 0.6) is 0 Å². The van der Waals surface area contributed by atoms with Crippen LogP contribution in [0.1, 0.15) is 47.8 Å². The fraction of sp³-hybridized carbons (Fsp3) is 0.792. The number of hydrogen-bond acceptors (Lipinski definition) is 8. The second-order valence-corrected chi connectivity index (χ2v) is 24.2. The summed E-state index contributed by atoms with van der Waals surface area (Å²) in [4.78, 5) is 13.0. The monoisotopic (exact) mass is 586 g/mol. The van der Waals surface area contributed by atoms with Gasteiger partial charge in [0.15, 0.2) is 34.3 Å². The average molecular weight is 587 g/mol. The maximum atomic E-state index is 7.01. The van der Waals surface area contributed by atoms with Gasteiger partial charge in [0.05, 0.1) is 12.9 Å². The standard InChI is InChI=1S/C24H45ClN5O4Si3/c1-14(2)35(7)33-19-17(12-31-36(8,9)15(3)4)32-23(20(19)34-37(10,11)16(5)6)30-13-27-18-21(26)28-24(25)29-22(18)30/h13-17,19-20,23H,12H2,1-11H3,(H2,26,28,29)/t17-,19-,20-,23-/m1/s1. The molecule has 1 saturated heterocycles. The molecule has 3 heterocycles. The SMILES string of the molecule is CC(C)[Si](C)O[C@H]1[C@@H](O[Si](C)(C)C(C)C)[C@H](n2cnc3c(N)nc(Cl)nc32)O[C@@H]1CO[Si](C)(C)C(C)C. The molecule has 1 radical (unpaired) electrons. The van der Waals surface area contributed by atoms with Crippen LogP contribution in [0.4, 0.5) is 5.82 Å². The number of hydrogen-bond donors (Lipinski definition) is 1. The molecule has 1 aliphatic rings. The molecule has 0 bridgehead atoms. The molecular formula is C24H45ClN5O4Si3. The molecule has 1 fully saturated rings. The Morgan fingerprint density at radius 3 is 2.24 bits per heavy atom. The number of halogens is 1. The Kier molecular flexibility index (Phi) is 9.70. The highest BCUT2D eigenvalue weighted by Gasteiger charge is 2.51. The molecule has 9 nitrogen and oxygen atoms in total. The Morgan fingerprint density at radius 1 is 1.05 bits per heavy atom. The van der Waals surface area contributed by atoms with Crippen molar-refractivity contribution in [3.63, 3.8) is 0 Å². The highest BCUT2D eigenvalue weighted by molar-refractivity contribution is 6.72. The normalized spacial score (nSPS) is 23.5. The zero-order valence-corrected chi connectivity index (χ0v) is 28.0. The Morgan fingerprint density at radius 2 is 1.68 bits per heavy atom. The van der Waals surface area contributed by atoms with Crippen LogP contribution >= 0.6 is 11.6 Å². The van der Waals surface area contributed by atoms with Gasteiger partial charge in [-0.2, -0.15) is 9.97 Å². The van der Waals surface area contributed by atoms with Gasteiger partial charge in [0.25, 0.3) is 0 Å². The number of aromatic nitrogens is 4. The van der Waals surface area contributed by atoms with Gasteiger partial charge < -0.3 is 23.7 Å². The lowest BCUT2D eigenvalue weighted by Gasteiger charge is -2.36. The number of ether oxygens (including phenoxy) is 1. The average Bonchev–Trinajstić information content (AvgIpc) is 3.33. The maximum Gasteiger partial charge on any atom is 0.226 e. The molecule has 2 N–H and O–H groups in total. The Balaban J connectivity index is 2.08. The van der Waals surface area contributed by atoms with E-state index in [-0.39, 0.29) is 29.4 Å². The molecule has 0 unspecified atom stereocenters. The molecule has 13 heteroatoms. The van der Waals surface area contributed by atoms with E-state index < -0.39 is 31.9 Å². The van der Waals surface area contributed by atoms with Crippen LogP contribution in [0.2, 0.25) is 54.6 Å². The van der Waals surface area contributed by atoms with E-state index in [1.165, 1.54) is 0 Å². The topological polar surface area (TPSA) is 107 Å². The third-order valence-electron chi connectivity index (χ3n) is 7.96. The summed E-state index contributed by atoms with van der Waals surface area (Å²) in [5, 5.41) is 0.0651. The van der Waals surface area contributed by atoms with E-state index in [1.54, 1.807) is 6.33 Å². The molecule has 2 aromatic heterocycles. The predicted octanol–water partition coefficient (Wildman–Crippen LogP) is 6.01. The quantitative estimate of drug-likeness (QED) is 0.252. The van der Waals surface area contributed by atoms with Gasteiger partial charge in [0.1, 0.15) is 23.8 Å². The van der Waals surface area contributed by atoms with Gasteiger partial charge in [-0.3, -0.25) is 4.57 Å². The van der Waals surface area contributed by atoms with Crippen molar-refractivity contribution in [3.8, 4) is 0 Å². The van der Waals surface area contributed by atoms with Crippen molar-refractivity contribution < 1.29 is 18.0 Å². The fourth-order valence-corrected chi connectivity index (χ4v) is 7.04. The van der Waals surface area contributed by atoms with Crippen molar-refractivity contribution in [3.05, 3.63) is 11.6 Å². The van der Waals surface area contributed by atoms with Crippen LogP contribution in [-0.4, -0.2) is 70.1 Å². The van der Waals surface area contributed by atoms with E-state index in [9.17, 15) is 0 Å². The van der Waals surface area contributed by atoms with Gasteiger partial charge in [0.2, 0.25) is 14.3 Å². The maximum absolute atomic E-state index is 7.01. The van der Waals surface area contributed by atoms with Crippen molar-refractivity contribution >= 4 is 54.3 Å². The molecule has 0 aromatic carbocycles. The number of nitrogen functional groups attached to an aromatic ring is 1. The molecule has 209 valence electrons. The summed E-state index contributed by atoms with van der Waals surface area (Å²) < 4.78 is 29.1. The Bertz CT molecular complexity index is 1070. The summed E-state index contributed by atoms with van der Waals surface area (Å²) in [6.45, 7) is 24.9. The largest absolute Gasteiger partial charge is 0.414 e. The molecule has 37 heavy (non-hydrogen) atoms. The molecule has 0 aliphatic carbocycles. The van der Waals surface area contributed by atoms with Crippen molar-refractivity contribution in [2.45, 2.75) is 115 Å². The minimum atomic E-state index is -2.11. The van der Waals surface area contributed by atoms with Crippen molar-refractivity contribution in [1.29, 1.82) is 0 Å². The van der Waals surface area contributed by atoms with Crippen LogP contribution in [0.15, 0.2) is 6.33 Å². The van der Waals surface area contributed by atoms with E-state index in [0.717, 1.165) is 0 Å². The number of nitrogens with zero attached hydrogens (tertiary/aromatic N) is 4. The van der Waals surface area contributed by atoms with Gasteiger partial charge in [-0.1, -0.05) is 41.5 Å². The lowest BCUT2D eigenvalue weighted by Crippen LogP contribution is -2.49. The van der Waals surface area contributed by atoms with Crippen molar-refractivity contribution in [2.24, 2.45) is 0 Å².